The summed E-state index contributed by atoms with van der Waals surface area (Å²) in [6, 6.07) is 14.3. The zero-order valence-electron chi connectivity index (χ0n) is 17.7. The summed E-state index contributed by atoms with van der Waals surface area (Å²) in [5.41, 5.74) is 2.70. The van der Waals surface area contributed by atoms with Crippen molar-refractivity contribution < 1.29 is 13.9 Å². The minimum atomic E-state index is -0.654. The molecule has 0 unspecified atom stereocenters. The summed E-state index contributed by atoms with van der Waals surface area (Å²) in [7, 11) is 0. The normalized spacial score (nSPS) is 13.2. The number of benzene rings is 2. The Morgan fingerprint density at radius 1 is 1.21 bits per heavy atom. The van der Waals surface area contributed by atoms with Crippen molar-refractivity contribution in [2.45, 2.75) is 0 Å². The van der Waals surface area contributed by atoms with Crippen molar-refractivity contribution in [3.05, 3.63) is 72.7 Å². The summed E-state index contributed by atoms with van der Waals surface area (Å²) in [6.45, 7) is 6.38. The van der Waals surface area contributed by atoms with E-state index in [1.807, 2.05) is 30.3 Å². The van der Waals surface area contributed by atoms with E-state index in [4.69, 9.17) is 4.74 Å². The lowest BCUT2D eigenvalue weighted by Gasteiger charge is -2.29. The third-order valence-corrected chi connectivity index (χ3v) is 5.01. The third-order valence-electron chi connectivity index (χ3n) is 5.01. The van der Waals surface area contributed by atoms with Gasteiger partial charge in [0.05, 0.1) is 31.0 Å². The second-order valence-corrected chi connectivity index (χ2v) is 7.27. The number of anilines is 4. The molecule has 2 N–H and O–H groups in total. The van der Waals surface area contributed by atoms with Crippen LogP contribution in [0, 0.1) is 17.1 Å². The Bertz CT molecular complexity index is 1230. The fourth-order valence-corrected chi connectivity index (χ4v) is 3.46. The smallest absolute Gasteiger partial charge is 0.247 e. The van der Waals surface area contributed by atoms with E-state index in [2.05, 4.69) is 32.1 Å². The van der Waals surface area contributed by atoms with Crippen LogP contribution in [0.5, 0.6) is 0 Å². The molecule has 0 aliphatic carbocycles. The number of aromatic nitrogens is 2. The molecule has 33 heavy (non-hydrogen) atoms. The fourth-order valence-electron chi connectivity index (χ4n) is 3.46. The highest BCUT2D eigenvalue weighted by molar-refractivity contribution is 5.99. The molecule has 9 heteroatoms. The van der Waals surface area contributed by atoms with Crippen molar-refractivity contribution in [3.8, 4) is 17.3 Å². The van der Waals surface area contributed by atoms with Gasteiger partial charge in [-0.1, -0.05) is 12.6 Å². The first-order chi connectivity index (χ1) is 16.1. The lowest BCUT2D eigenvalue weighted by Crippen LogP contribution is -2.36. The molecular weight excluding hydrogens is 423 g/mol. The van der Waals surface area contributed by atoms with E-state index in [1.54, 1.807) is 0 Å². The molecule has 0 bridgehead atoms. The summed E-state index contributed by atoms with van der Waals surface area (Å²) < 4.78 is 20.0. The molecular formula is C24H21FN6O2. The second kappa shape index (κ2) is 9.89. The van der Waals surface area contributed by atoms with Crippen molar-refractivity contribution in [3.63, 3.8) is 0 Å². The first-order valence-corrected chi connectivity index (χ1v) is 10.3. The van der Waals surface area contributed by atoms with E-state index in [0.29, 0.717) is 24.5 Å². The van der Waals surface area contributed by atoms with Gasteiger partial charge in [0.2, 0.25) is 11.9 Å². The number of hydrogen-bond acceptors (Lipinski definition) is 7. The highest BCUT2D eigenvalue weighted by Gasteiger charge is 2.14. The molecule has 0 radical (unpaired) electrons. The largest absolute Gasteiger partial charge is 0.378 e. The Morgan fingerprint density at radius 2 is 2.03 bits per heavy atom. The van der Waals surface area contributed by atoms with Gasteiger partial charge < -0.3 is 20.3 Å². The summed E-state index contributed by atoms with van der Waals surface area (Å²) in [5.74, 6) is -0.898. The Balaban J connectivity index is 1.63. The molecule has 2 aromatic carbocycles. The highest BCUT2D eigenvalue weighted by atomic mass is 19.1. The van der Waals surface area contributed by atoms with Crippen molar-refractivity contribution >= 4 is 28.9 Å². The van der Waals surface area contributed by atoms with Crippen molar-refractivity contribution in [2.24, 2.45) is 0 Å². The van der Waals surface area contributed by atoms with E-state index < -0.39 is 11.7 Å². The molecule has 1 saturated heterocycles. The number of rotatable bonds is 6. The Hall–Kier alpha value is -4.29. The molecule has 1 aliphatic rings. The van der Waals surface area contributed by atoms with Crippen LogP contribution in [0.4, 0.5) is 27.4 Å². The lowest BCUT2D eigenvalue weighted by molar-refractivity contribution is -0.111. The standard InChI is InChI=1S/C24H21FN6O2/c1-2-22(32)28-19-11-16(14-26)10-17(12-19)23-21(25)15-27-24(30-23)29-18-4-3-5-20(13-18)31-6-8-33-9-7-31/h2-5,10-13,15H,1,6-9H2,(H,28,32)(H,27,29,30). The van der Waals surface area contributed by atoms with E-state index >= 15 is 0 Å². The van der Waals surface area contributed by atoms with Gasteiger partial charge in [0.15, 0.2) is 5.82 Å². The molecule has 166 valence electrons. The van der Waals surface area contributed by atoms with Gasteiger partial charge >= 0.3 is 0 Å². The van der Waals surface area contributed by atoms with Crippen LogP contribution in [0.3, 0.4) is 0 Å². The van der Waals surface area contributed by atoms with Crippen LogP contribution in [0.15, 0.2) is 61.3 Å². The molecule has 0 saturated carbocycles. The number of nitrogens with zero attached hydrogens (tertiary/aromatic N) is 4. The number of carbonyl (C=O) groups excluding carboxylic acids is 1. The molecule has 1 fully saturated rings. The van der Waals surface area contributed by atoms with Gasteiger partial charge in [-0.3, -0.25) is 4.79 Å². The number of hydrogen-bond donors (Lipinski definition) is 2. The van der Waals surface area contributed by atoms with Crippen LogP contribution < -0.4 is 15.5 Å². The van der Waals surface area contributed by atoms with Gasteiger partial charge in [-0.15, -0.1) is 0 Å². The van der Waals surface area contributed by atoms with Crippen LogP contribution in [-0.4, -0.2) is 42.2 Å². The number of nitriles is 1. The monoisotopic (exact) mass is 444 g/mol. The van der Waals surface area contributed by atoms with Crippen molar-refractivity contribution in [1.29, 1.82) is 5.26 Å². The van der Waals surface area contributed by atoms with Gasteiger partial charge in [0.1, 0.15) is 5.69 Å². The van der Waals surface area contributed by atoms with E-state index in [1.165, 1.54) is 18.2 Å². The molecule has 0 spiro atoms. The summed E-state index contributed by atoms with van der Waals surface area (Å²) in [6.07, 6.45) is 2.18. The van der Waals surface area contributed by atoms with E-state index in [0.717, 1.165) is 36.7 Å². The molecule has 1 aliphatic heterocycles. The van der Waals surface area contributed by atoms with Gasteiger partial charge in [-0.05, 0) is 42.5 Å². The minimum Gasteiger partial charge on any atom is -0.378 e. The number of nitrogens with one attached hydrogen (secondary N) is 2. The fraction of sp³-hybridized carbons (Fsp3) is 0.167. The van der Waals surface area contributed by atoms with E-state index in [-0.39, 0.29) is 17.2 Å². The minimum absolute atomic E-state index is 0.00281. The Labute approximate surface area is 190 Å². The van der Waals surface area contributed by atoms with Crippen LogP contribution in [0.1, 0.15) is 5.56 Å². The molecule has 4 rings (SSSR count). The number of morpholine rings is 1. The summed E-state index contributed by atoms with van der Waals surface area (Å²) >= 11 is 0. The number of halogens is 1. The van der Waals surface area contributed by atoms with Crippen LogP contribution in [0.2, 0.25) is 0 Å². The molecule has 0 atom stereocenters. The Morgan fingerprint density at radius 3 is 2.79 bits per heavy atom. The zero-order chi connectivity index (χ0) is 23.2. The maximum Gasteiger partial charge on any atom is 0.247 e. The molecule has 1 amide bonds. The molecule has 8 nitrogen and oxygen atoms in total. The van der Waals surface area contributed by atoms with Gasteiger partial charge in [-0.25, -0.2) is 14.4 Å². The van der Waals surface area contributed by atoms with Gasteiger partial charge in [0, 0.05) is 35.7 Å². The van der Waals surface area contributed by atoms with Crippen LogP contribution >= 0.6 is 0 Å². The highest BCUT2D eigenvalue weighted by Crippen LogP contribution is 2.28. The maximum absolute atomic E-state index is 14.6. The number of ether oxygens (including phenoxy) is 1. The predicted octanol–water partition coefficient (Wildman–Crippen LogP) is 3.86. The summed E-state index contributed by atoms with van der Waals surface area (Å²) in [5, 5.41) is 15.0. The number of amides is 1. The predicted molar refractivity (Wildman–Crippen MR) is 124 cm³/mol. The first kappa shape index (κ1) is 21.9. The topological polar surface area (TPSA) is 103 Å². The van der Waals surface area contributed by atoms with Gasteiger partial charge in [0.25, 0.3) is 0 Å². The second-order valence-electron chi connectivity index (χ2n) is 7.27. The zero-order valence-corrected chi connectivity index (χ0v) is 17.7. The maximum atomic E-state index is 14.6. The van der Waals surface area contributed by atoms with Crippen LogP contribution in [0.25, 0.3) is 11.3 Å². The van der Waals surface area contributed by atoms with Crippen molar-refractivity contribution in [1.82, 2.24) is 9.97 Å². The average molecular weight is 444 g/mol. The molecule has 3 aromatic rings. The summed E-state index contributed by atoms with van der Waals surface area (Å²) in [4.78, 5) is 22.3. The van der Waals surface area contributed by atoms with Crippen molar-refractivity contribution in [2.75, 3.05) is 41.8 Å². The van der Waals surface area contributed by atoms with Gasteiger partial charge in [-0.2, -0.15) is 5.26 Å². The third kappa shape index (κ3) is 5.31. The molecule has 1 aromatic heterocycles. The quantitative estimate of drug-likeness (QED) is 0.557. The molecule has 2 heterocycles. The van der Waals surface area contributed by atoms with E-state index in [9.17, 15) is 14.4 Å². The average Bonchev–Trinajstić information content (AvgIpc) is 2.85. The Kier molecular flexibility index (Phi) is 6.57. The first-order valence-electron chi connectivity index (χ1n) is 10.3. The number of carbonyl (C=O) groups is 1. The lowest BCUT2D eigenvalue weighted by atomic mass is 10.1. The SMILES string of the molecule is C=CC(=O)Nc1cc(C#N)cc(-c2nc(Nc3cccc(N4CCOCC4)c3)ncc2F)c1. The van der Waals surface area contributed by atoms with Crippen LogP contribution in [-0.2, 0) is 9.53 Å².